The van der Waals surface area contributed by atoms with Crippen LogP contribution in [0.25, 0.3) is 0 Å². The van der Waals surface area contributed by atoms with Crippen molar-refractivity contribution in [2.45, 2.75) is 56.7 Å². The van der Waals surface area contributed by atoms with Gasteiger partial charge in [-0.1, -0.05) is 54.4 Å². The van der Waals surface area contributed by atoms with E-state index in [9.17, 15) is 14.7 Å². The molecule has 9 heteroatoms. The lowest BCUT2D eigenvalue weighted by Crippen LogP contribution is -2.48. The van der Waals surface area contributed by atoms with Crippen molar-refractivity contribution in [1.82, 2.24) is 4.90 Å². The highest BCUT2D eigenvalue weighted by atomic mass is 35.5. The maximum Gasteiger partial charge on any atom is 0.303 e. The summed E-state index contributed by atoms with van der Waals surface area (Å²) < 4.78 is 28.4. The summed E-state index contributed by atoms with van der Waals surface area (Å²) in [4.78, 5) is 27.8. The Morgan fingerprint density at radius 3 is 2.26 bits per heavy atom. The third-order valence-electron chi connectivity index (χ3n) is 8.67. The van der Waals surface area contributed by atoms with Crippen molar-refractivity contribution in [3.05, 3.63) is 104 Å². The quantitative estimate of drug-likeness (QED) is 0.251. The van der Waals surface area contributed by atoms with Gasteiger partial charge in [0, 0.05) is 42.4 Å². The fourth-order valence-electron chi connectivity index (χ4n) is 6.74. The van der Waals surface area contributed by atoms with E-state index in [1.165, 1.54) is 18.1 Å². The molecule has 1 saturated heterocycles. The SMILES string of the molecule is CCC(c1cc(F)c2c(c1)C(=O)N(C(CCC(=O)O)c1ccc(Cl)cc1)[C@@]2(OC)c1ccc(Cl)cc1)C1CCOCC1. The third kappa shape index (κ3) is 5.55. The summed E-state index contributed by atoms with van der Waals surface area (Å²) in [7, 11) is 1.43. The van der Waals surface area contributed by atoms with E-state index < -0.39 is 29.5 Å². The molecule has 2 heterocycles. The van der Waals surface area contributed by atoms with Crippen molar-refractivity contribution >= 4 is 35.1 Å². The summed E-state index contributed by atoms with van der Waals surface area (Å²) in [5.74, 6) is -1.62. The summed E-state index contributed by atoms with van der Waals surface area (Å²) in [6.45, 7) is 3.41. The molecule has 3 atom stereocenters. The number of nitrogens with zero attached hydrogens (tertiary/aromatic N) is 1. The molecule has 2 aliphatic rings. The standard InChI is InChI=1S/C33H34Cl2FNO5/c1-3-26(20-14-16-42-17-15-20)22-18-27-31(28(36)19-22)33(41-2,23-6-10-25(35)11-7-23)37(32(27)40)29(12-13-30(38)39)21-4-8-24(34)9-5-21/h4-11,18-20,26,29H,3,12-17H2,1-2H3,(H,38,39)/t26?,29?,33-/m1/s1. The molecule has 6 nitrogen and oxygen atoms in total. The number of carboxylic acid groups (broad SMARTS) is 1. The van der Waals surface area contributed by atoms with Crippen molar-refractivity contribution in [2.24, 2.45) is 5.92 Å². The molecule has 0 bridgehead atoms. The molecule has 0 aromatic heterocycles. The maximum absolute atomic E-state index is 16.6. The number of aliphatic carboxylic acids is 1. The molecule has 1 fully saturated rings. The van der Waals surface area contributed by atoms with Gasteiger partial charge in [0.05, 0.1) is 17.2 Å². The second-order valence-corrected chi connectivity index (χ2v) is 11.8. The van der Waals surface area contributed by atoms with E-state index in [-0.39, 0.29) is 29.9 Å². The predicted octanol–water partition coefficient (Wildman–Crippen LogP) is 7.96. The molecular formula is C33H34Cl2FNO5. The molecule has 0 radical (unpaired) electrons. The summed E-state index contributed by atoms with van der Waals surface area (Å²) in [6.07, 6.45) is 2.39. The van der Waals surface area contributed by atoms with Gasteiger partial charge in [-0.3, -0.25) is 14.5 Å². The molecule has 0 spiro atoms. The Kier molecular flexibility index (Phi) is 9.23. The highest BCUT2D eigenvalue weighted by Gasteiger charge is 2.56. The van der Waals surface area contributed by atoms with Gasteiger partial charge in [0.2, 0.25) is 0 Å². The van der Waals surface area contributed by atoms with Crippen LogP contribution in [0.4, 0.5) is 4.39 Å². The number of hydrogen-bond acceptors (Lipinski definition) is 4. The lowest BCUT2D eigenvalue weighted by molar-refractivity contribution is -0.138. The van der Waals surface area contributed by atoms with Gasteiger partial charge in [-0.2, -0.15) is 0 Å². The number of carbonyl (C=O) groups excluding carboxylic acids is 1. The minimum absolute atomic E-state index is 0.0575. The minimum atomic E-state index is -1.68. The van der Waals surface area contributed by atoms with Crippen LogP contribution in [-0.4, -0.2) is 42.2 Å². The number of ether oxygens (including phenoxy) is 2. The van der Waals surface area contributed by atoms with Crippen LogP contribution in [0, 0.1) is 11.7 Å². The molecule has 0 aliphatic carbocycles. The molecule has 0 saturated carbocycles. The van der Waals surface area contributed by atoms with Crippen LogP contribution in [0.2, 0.25) is 10.0 Å². The average Bonchev–Trinajstić information content (AvgIpc) is 3.24. The summed E-state index contributed by atoms with van der Waals surface area (Å²) in [5, 5.41) is 10.6. The summed E-state index contributed by atoms with van der Waals surface area (Å²) in [6, 6.07) is 16.2. The van der Waals surface area contributed by atoms with Crippen LogP contribution in [0.3, 0.4) is 0 Å². The van der Waals surface area contributed by atoms with E-state index in [4.69, 9.17) is 32.7 Å². The van der Waals surface area contributed by atoms with E-state index in [1.807, 2.05) is 6.07 Å². The van der Waals surface area contributed by atoms with Crippen molar-refractivity contribution in [3.63, 3.8) is 0 Å². The van der Waals surface area contributed by atoms with Gasteiger partial charge < -0.3 is 14.6 Å². The van der Waals surface area contributed by atoms with Gasteiger partial charge in [-0.05, 0) is 85.0 Å². The van der Waals surface area contributed by atoms with Crippen LogP contribution < -0.4 is 0 Å². The van der Waals surface area contributed by atoms with E-state index in [2.05, 4.69) is 6.92 Å². The van der Waals surface area contributed by atoms with Gasteiger partial charge in [-0.15, -0.1) is 0 Å². The third-order valence-corrected chi connectivity index (χ3v) is 9.18. The zero-order chi connectivity index (χ0) is 30.0. The predicted molar refractivity (Wildman–Crippen MR) is 159 cm³/mol. The Hall–Kier alpha value is -2.97. The number of rotatable bonds is 10. The first-order chi connectivity index (χ1) is 20.2. The normalized spacial score (nSPS) is 20.4. The number of amides is 1. The highest BCUT2D eigenvalue weighted by Crippen LogP contribution is 2.52. The van der Waals surface area contributed by atoms with Crippen molar-refractivity contribution in [1.29, 1.82) is 0 Å². The number of fused-ring (bicyclic) bond motifs is 1. The molecular weight excluding hydrogens is 580 g/mol. The first-order valence-electron chi connectivity index (χ1n) is 14.2. The largest absolute Gasteiger partial charge is 0.481 e. The average molecular weight is 615 g/mol. The number of hydrogen-bond donors (Lipinski definition) is 1. The van der Waals surface area contributed by atoms with Crippen molar-refractivity contribution in [2.75, 3.05) is 20.3 Å². The van der Waals surface area contributed by atoms with Crippen LogP contribution in [-0.2, 0) is 20.0 Å². The zero-order valence-electron chi connectivity index (χ0n) is 23.6. The molecule has 3 aromatic carbocycles. The Morgan fingerprint density at radius 1 is 1.07 bits per heavy atom. The number of halogens is 3. The van der Waals surface area contributed by atoms with E-state index in [1.54, 1.807) is 48.5 Å². The van der Waals surface area contributed by atoms with Gasteiger partial charge in [0.1, 0.15) is 5.82 Å². The number of carboxylic acids is 1. The van der Waals surface area contributed by atoms with Gasteiger partial charge in [0.25, 0.3) is 5.91 Å². The highest BCUT2D eigenvalue weighted by molar-refractivity contribution is 6.30. The van der Waals surface area contributed by atoms with Gasteiger partial charge in [0.15, 0.2) is 5.72 Å². The molecule has 1 amide bonds. The molecule has 2 unspecified atom stereocenters. The monoisotopic (exact) mass is 613 g/mol. The smallest absolute Gasteiger partial charge is 0.303 e. The lowest BCUT2D eigenvalue weighted by Gasteiger charge is -2.43. The van der Waals surface area contributed by atoms with Crippen molar-refractivity contribution < 1.29 is 28.6 Å². The molecule has 222 valence electrons. The molecule has 2 aliphatic heterocycles. The van der Waals surface area contributed by atoms with Gasteiger partial charge in [-0.25, -0.2) is 4.39 Å². The first kappa shape index (κ1) is 30.5. The van der Waals surface area contributed by atoms with E-state index >= 15 is 4.39 Å². The molecule has 3 aromatic rings. The fraction of sp³-hybridized carbons (Fsp3) is 0.394. The van der Waals surface area contributed by atoms with Crippen molar-refractivity contribution in [3.8, 4) is 0 Å². The minimum Gasteiger partial charge on any atom is -0.481 e. The van der Waals surface area contributed by atoms with Crippen LogP contribution in [0.1, 0.15) is 83.6 Å². The Morgan fingerprint density at radius 2 is 1.69 bits per heavy atom. The van der Waals surface area contributed by atoms with E-state index in [0.717, 1.165) is 24.8 Å². The van der Waals surface area contributed by atoms with Gasteiger partial charge >= 0.3 is 5.97 Å². The fourth-order valence-corrected chi connectivity index (χ4v) is 6.99. The maximum atomic E-state index is 16.6. The second kappa shape index (κ2) is 12.7. The molecule has 5 rings (SSSR count). The Bertz CT molecular complexity index is 1440. The zero-order valence-corrected chi connectivity index (χ0v) is 25.1. The number of carbonyl (C=O) groups is 2. The Balaban J connectivity index is 1.73. The topological polar surface area (TPSA) is 76.1 Å². The lowest BCUT2D eigenvalue weighted by atomic mass is 9.78. The second-order valence-electron chi connectivity index (χ2n) is 10.9. The Labute approximate surface area is 255 Å². The first-order valence-corrected chi connectivity index (χ1v) is 15.0. The number of methoxy groups -OCH3 is 1. The number of benzene rings is 3. The van der Waals surface area contributed by atoms with Crippen LogP contribution in [0.15, 0.2) is 60.7 Å². The van der Waals surface area contributed by atoms with Crippen LogP contribution >= 0.6 is 23.2 Å². The van der Waals surface area contributed by atoms with Crippen LogP contribution in [0.5, 0.6) is 0 Å². The van der Waals surface area contributed by atoms with E-state index in [0.29, 0.717) is 40.3 Å². The summed E-state index contributed by atoms with van der Waals surface area (Å²) in [5.41, 5.74) is 0.567. The molecule has 42 heavy (non-hydrogen) atoms. The summed E-state index contributed by atoms with van der Waals surface area (Å²) >= 11 is 12.4. The molecule has 1 N–H and O–H groups in total.